The normalized spacial score (nSPS) is 11.7. The molecule has 1 amide bonds. The molecule has 0 aromatic carbocycles. The number of hydrogen-bond acceptors (Lipinski definition) is 2. The number of carbonyl (C=O) groups is 2. The van der Waals surface area contributed by atoms with Crippen molar-refractivity contribution in [1.29, 1.82) is 0 Å². The van der Waals surface area contributed by atoms with E-state index in [1.54, 1.807) is 0 Å². The zero-order chi connectivity index (χ0) is 9.72. The number of nitrogens with one attached hydrogen (secondary N) is 1. The van der Waals surface area contributed by atoms with E-state index in [0.717, 1.165) is 0 Å². The van der Waals surface area contributed by atoms with Crippen LogP contribution in [0.25, 0.3) is 0 Å². The van der Waals surface area contributed by atoms with Crippen LogP contribution in [0.1, 0.15) is 27.2 Å². The topological polar surface area (TPSA) is 66.4 Å². The molecule has 0 aliphatic rings. The number of carboxylic acids is 1. The van der Waals surface area contributed by atoms with Gasteiger partial charge in [-0.2, -0.15) is 0 Å². The summed E-state index contributed by atoms with van der Waals surface area (Å²) in [6, 6.07) is -0.748. The van der Waals surface area contributed by atoms with Crippen LogP contribution in [-0.2, 0) is 9.59 Å². The molecule has 0 unspecified atom stereocenters. The van der Waals surface area contributed by atoms with Gasteiger partial charge in [0.2, 0.25) is 5.91 Å². The number of rotatable bonds is 4. The van der Waals surface area contributed by atoms with Crippen LogP contribution in [0, 0.1) is 5.92 Å². The zero-order valence-corrected chi connectivity index (χ0v) is 7.63. The summed E-state index contributed by atoms with van der Waals surface area (Å²) in [5.74, 6) is -1.01. The summed E-state index contributed by atoms with van der Waals surface area (Å²) in [4.78, 5) is 21.1. The number of amides is 1. The molecule has 0 heterocycles. The van der Waals surface area contributed by atoms with Crippen molar-refractivity contribution in [1.82, 2.24) is 5.32 Å². The molecule has 0 saturated heterocycles. The van der Waals surface area contributed by atoms with Gasteiger partial charge in [-0.3, -0.25) is 4.79 Å². The minimum atomic E-state index is -0.973. The Hall–Kier alpha value is 0.576. The maximum absolute atomic E-state index is 10.6. The number of carboxylic acid groups (broad SMARTS) is 1. The third-order valence-electron chi connectivity index (χ3n) is 1.38. The number of hydrogen-bond donors (Lipinski definition) is 2. The Morgan fingerprint density at radius 2 is 1.85 bits per heavy atom. The van der Waals surface area contributed by atoms with Crippen molar-refractivity contribution in [2.45, 2.75) is 33.2 Å². The van der Waals surface area contributed by atoms with E-state index in [0.29, 0.717) is 6.42 Å². The first-order valence-corrected chi connectivity index (χ1v) is 3.93. The van der Waals surface area contributed by atoms with Crippen LogP contribution in [-0.4, -0.2) is 74.4 Å². The Balaban J connectivity index is 0. The van der Waals surface area contributed by atoms with Gasteiger partial charge in [0, 0.05) is 6.92 Å². The van der Waals surface area contributed by atoms with Crippen molar-refractivity contribution in [2.24, 2.45) is 5.92 Å². The first-order chi connectivity index (χ1) is 5.43. The summed E-state index contributed by atoms with van der Waals surface area (Å²) in [5.41, 5.74) is 0. The molecule has 0 spiro atoms. The van der Waals surface area contributed by atoms with Gasteiger partial charge < -0.3 is 10.4 Å². The van der Waals surface area contributed by atoms with E-state index in [2.05, 4.69) is 5.32 Å². The summed E-state index contributed by atoms with van der Waals surface area (Å²) >= 11 is 0. The molecule has 4 nitrogen and oxygen atoms in total. The van der Waals surface area contributed by atoms with Gasteiger partial charge in [-0.15, -0.1) is 0 Å². The summed E-state index contributed by atoms with van der Waals surface area (Å²) in [7, 11) is 0. The fraction of sp³-hybridized carbons (Fsp3) is 0.750. The Bertz CT molecular complexity index is 182. The third-order valence-corrected chi connectivity index (χ3v) is 1.38. The van der Waals surface area contributed by atoms with Crippen molar-refractivity contribution in [3.63, 3.8) is 0 Å². The van der Waals surface area contributed by atoms with Crippen molar-refractivity contribution in [3.8, 4) is 0 Å². The monoisotopic (exact) mass is 213 g/mol. The van der Waals surface area contributed by atoms with Crippen molar-refractivity contribution in [3.05, 3.63) is 0 Å². The first-order valence-electron chi connectivity index (χ1n) is 3.93. The fourth-order valence-corrected chi connectivity index (χ4v) is 0.938. The summed E-state index contributed by atoms with van der Waals surface area (Å²) in [6.07, 6.45) is 0.467. The Labute approximate surface area is 121 Å². The zero-order valence-electron chi connectivity index (χ0n) is 7.63. The van der Waals surface area contributed by atoms with Crippen LogP contribution < -0.4 is 5.32 Å². The molecule has 72 valence electrons. The molecule has 0 fully saturated rings. The van der Waals surface area contributed by atoms with E-state index in [-0.39, 0.29) is 63.2 Å². The standard InChI is InChI=1S/C8H15NO3.K.H/c1-5(2)4-7(8(11)12)9-6(3)10;;/h5,7H,4H2,1-3H3,(H,9,10)(H,11,12);;/t7-;;/m1../s1. The van der Waals surface area contributed by atoms with Crippen LogP contribution >= 0.6 is 0 Å². The average molecular weight is 213 g/mol. The quantitative estimate of drug-likeness (QED) is 0.645. The fourth-order valence-electron chi connectivity index (χ4n) is 0.938. The molecule has 0 bridgehead atoms. The minimum absolute atomic E-state index is 0. The average Bonchev–Trinajstić information content (AvgIpc) is 1.83. The second-order valence-corrected chi connectivity index (χ2v) is 3.22. The van der Waals surface area contributed by atoms with E-state index >= 15 is 0 Å². The third kappa shape index (κ3) is 8.89. The molecule has 5 heteroatoms. The predicted molar refractivity (Wildman–Crippen MR) is 51.8 cm³/mol. The summed E-state index contributed by atoms with van der Waals surface area (Å²) in [5, 5.41) is 11.0. The molecule has 0 aliphatic heterocycles. The molecule has 0 radical (unpaired) electrons. The molecule has 0 rings (SSSR count). The van der Waals surface area contributed by atoms with Gasteiger partial charge in [-0.1, -0.05) is 13.8 Å². The van der Waals surface area contributed by atoms with Gasteiger partial charge in [0.25, 0.3) is 0 Å². The Morgan fingerprint density at radius 3 is 2.08 bits per heavy atom. The predicted octanol–water partition coefficient (Wildman–Crippen LogP) is -0.0267. The second-order valence-electron chi connectivity index (χ2n) is 3.22. The van der Waals surface area contributed by atoms with E-state index in [1.165, 1.54) is 6.92 Å². The van der Waals surface area contributed by atoms with E-state index in [1.807, 2.05) is 13.8 Å². The molecular weight excluding hydrogens is 197 g/mol. The molecule has 0 aliphatic carbocycles. The molecule has 0 aromatic heterocycles. The SMILES string of the molecule is CC(=O)N[C@H](CC(C)C)C(=O)O.[KH]. The van der Waals surface area contributed by atoms with E-state index < -0.39 is 12.0 Å². The van der Waals surface area contributed by atoms with Gasteiger partial charge in [-0.05, 0) is 12.3 Å². The van der Waals surface area contributed by atoms with Crippen molar-refractivity contribution < 1.29 is 14.7 Å². The van der Waals surface area contributed by atoms with Gasteiger partial charge in [0.1, 0.15) is 6.04 Å². The summed E-state index contributed by atoms with van der Waals surface area (Å²) < 4.78 is 0. The van der Waals surface area contributed by atoms with Crippen LogP contribution in [0.2, 0.25) is 0 Å². The van der Waals surface area contributed by atoms with Crippen LogP contribution in [0.3, 0.4) is 0 Å². The molecular formula is C8H16KNO3. The molecule has 0 aromatic rings. The number of carbonyl (C=O) groups excluding carboxylic acids is 1. The molecule has 0 saturated carbocycles. The maximum atomic E-state index is 10.6. The van der Waals surface area contributed by atoms with Gasteiger partial charge in [-0.25, -0.2) is 4.79 Å². The molecule has 1 atom stereocenters. The molecule has 13 heavy (non-hydrogen) atoms. The van der Waals surface area contributed by atoms with E-state index in [9.17, 15) is 9.59 Å². The summed E-state index contributed by atoms with van der Waals surface area (Å²) in [6.45, 7) is 5.14. The van der Waals surface area contributed by atoms with Crippen molar-refractivity contribution >= 4 is 63.3 Å². The van der Waals surface area contributed by atoms with E-state index in [4.69, 9.17) is 5.11 Å². The molecule has 2 N–H and O–H groups in total. The van der Waals surface area contributed by atoms with Gasteiger partial charge in [0.05, 0.1) is 0 Å². The Kier molecular flexibility index (Phi) is 9.78. The number of aliphatic carboxylic acids is 1. The first kappa shape index (κ1) is 16.0. The van der Waals surface area contributed by atoms with Crippen LogP contribution in [0.15, 0.2) is 0 Å². The van der Waals surface area contributed by atoms with Crippen molar-refractivity contribution in [2.75, 3.05) is 0 Å². The van der Waals surface area contributed by atoms with Crippen LogP contribution in [0.4, 0.5) is 0 Å². The van der Waals surface area contributed by atoms with Gasteiger partial charge in [0.15, 0.2) is 0 Å². The second kappa shape index (κ2) is 7.93. The van der Waals surface area contributed by atoms with Crippen LogP contribution in [0.5, 0.6) is 0 Å². The van der Waals surface area contributed by atoms with Gasteiger partial charge >= 0.3 is 57.4 Å². The Morgan fingerprint density at radius 1 is 1.38 bits per heavy atom.